The third kappa shape index (κ3) is 3.26. The van der Waals surface area contributed by atoms with Crippen molar-refractivity contribution in [2.75, 3.05) is 6.61 Å². The molecule has 4 nitrogen and oxygen atoms in total. The van der Waals surface area contributed by atoms with Gasteiger partial charge in [0.25, 0.3) is 0 Å². The number of benzene rings is 2. The predicted octanol–water partition coefficient (Wildman–Crippen LogP) is 2.85. The van der Waals surface area contributed by atoms with Crippen LogP contribution in [0, 0.1) is 0 Å². The maximum absolute atomic E-state index is 12.2. The van der Waals surface area contributed by atoms with Crippen molar-refractivity contribution in [3.8, 4) is 11.5 Å². The molecule has 0 atom stereocenters. The highest BCUT2D eigenvalue weighted by atomic mass is 32.2. The van der Waals surface area contributed by atoms with E-state index in [1.54, 1.807) is 55.5 Å². The summed E-state index contributed by atoms with van der Waals surface area (Å²) in [4.78, 5) is 0.0284. The second-order valence-electron chi connectivity index (χ2n) is 3.73. The van der Waals surface area contributed by atoms with Gasteiger partial charge in [-0.3, -0.25) is 0 Å². The first kappa shape index (κ1) is 13.4. The summed E-state index contributed by atoms with van der Waals surface area (Å²) in [5, 5.41) is 0. The van der Waals surface area contributed by atoms with Gasteiger partial charge in [-0.25, -0.2) is 0 Å². The van der Waals surface area contributed by atoms with Crippen LogP contribution in [-0.4, -0.2) is 15.0 Å². The van der Waals surface area contributed by atoms with Crippen LogP contribution in [-0.2, 0) is 10.1 Å². The van der Waals surface area contributed by atoms with Gasteiger partial charge in [-0.05, 0) is 31.2 Å². The number of ether oxygens (including phenoxy) is 1. The first-order valence-corrected chi connectivity index (χ1v) is 7.25. The predicted molar refractivity (Wildman–Crippen MR) is 71.9 cm³/mol. The molecular formula is C14H14O4S. The van der Waals surface area contributed by atoms with Crippen molar-refractivity contribution in [2.24, 2.45) is 0 Å². The van der Waals surface area contributed by atoms with Gasteiger partial charge < -0.3 is 8.92 Å². The van der Waals surface area contributed by atoms with Crippen molar-refractivity contribution < 1.29 is 17.3 Å². The van der Waals surface area contributed by atoms with Gasteiger partial charge >= 0.3 is 10.1 Å². The van der Waals surface area contributed by atoms with E-state index >= 15 is 0 Å². The minimum atomic E-state index is -3.89. The summed E-state index contributed by atoms with van der Waals surface area (Å²) in [7, 11) is -3.89. The maximum atomic E-state index is 12.2. The van der Waals surface area contributed by atoms with Gasteiger partial charge in [0.05, 0.1) is 6.61 Å². The van der Waals surface area contributed by atoms with Gasteiger partial charge in [0.1, 0.15) is 16.4 Å². The number of hydrogen-bond donors (Lipinski definition) is 0. The molecule has 5 heteroatoms. The molecule has 0 heterocycles. The van der Waals surface area contributed by atoms with Crippen LogP contribution in [0.1, 0.15) is 6.92 Å². The molecule has 0 fully saturated rings. The Hall–Kier alpha value is -2.01. The van der Waals surface area contributed by atoms with E-state index in [-0.39, 0.29) is 10.6 Å². The third-order valence-electron chi connectivity index (χ3n) is 2.37. The molecule has 0 radical (unpaired) electrons. The Morgan fingerprint density at radius 3 is 2.26 bits per heavy atom. The summed E-state index contributed by atoms with van der Waals surface area (Å²) < 4.78 is 34.8. The standard InChI is InChI=1S/C14H14O4S/c1-2-17-13-10-6-7-11-14(13)19(15,16)18-12-8-4-3-5-9-12/h3-11H,2H2,1H3. The van der Waals surface area contributed by atoms with E-state index in [0.29, 0.717) is 12.4 Å². The molecule has 100 valence electrons. The quantitative estimate of drug-likeness (QED) is 0.789. The Morgan fingerprint density at radius 2 is 1.58 bits per heavy atom. The van der Waals surface area contributed by atoms with Crippen LogP contribution < -0.4 is 8.92 Å². The average molecular weight is 278 g/mol. The van der Waals surface area contributed by atoms with E-state index in [1.807, 2.05) is 0 Å². The topological polar surface area (TPSA) is 52.6 Å². The minimum Gasteiger partial charge on any atom is -0.492 e. The molecule has 0 bridgehead atoms. The lowest BCUT2D eigenvalue weighted by Crippen LogP contribution is -2.11. The molecule has 0 aliphatic carbocycles. The zero-order chi connectivity index (χ0) is 13.7. The van der Waals surface area contributed by atoms with Crippen LogP contribution in [0.3, 0.4) is 0 Å². The second-order valence-corrected chi connectivity index (χ2v) is 5.24. The molecule has 2 rings (SSSR count). The lowest BCUT2D eigenvalue weighted by Gasteiger charge is -2.11. The van der Waals surface area contributed by atoms with Gasteiger partial charge in [-0.2, -0.15) is 8.42 Å². The van der Waals surface area contributed by atoms with Crippen molar-refractivity contribution in [2.45, 2.75) is 11.8 Å². The maximum Gasteiger partial charge on any atom is 0.342 e. The second kappa shape index (κ2) is 5.75. The zero-order valence-corrected chi connectivity index (χ0v) is 11.3. The number of para-hydroxylation sites is 2. The molecule has 0 saturated carbocycles. The zero-order valence-electron chi connectivity index (χ0n) is 10.4. The Labute approximate surface area is 112 Å². The van der Waals surface area contributed by atoms with Crippen molar-refractivity contribution in [1.29, 1.82) is 0 Å². The van der Waals surface area contributed by atoms with Crippen molar-refractivity contribution in [3.05, 3.63) is 54.6 Å². The monoisotopic (exact) mass is 278 g/mol. The molecule has 19 heavy (non-hydrogen) atoms. The molecule has 0 aliphatic rings. The molecule has 0 amide bonds. The summed E-state index contributed by atoms with van der Waals surface area (Å²) in [5.41, 5.74) is 0. The number of hydrogen-bond acceptors (Lipinski definition) is 4. The summed E-state index contributed by atoms with van der Waals surface area (Å²) in [5.74, 6) is 0.565. The van der Waals surface area contributed by atoms with Crippen molar-refractivity contribution in [3.63, 3.8) is 0 Å². The van der Waals surface area contributed by atoms with Gasteiger partial charge in [0, 0.05) is 0 Å². The normalized spacial score (nSPS) is 11.0. The van der Waals surface area contributed by atoms with Crippen molar-refractivity contribution >= 4 is 10.1 Å². The summed E-state index contributed by atoms with van der Waals surface area (Å²) in [6.45, 7) is 2.18. The van der Waals surface area contributed by atoms with Gasteiger partial charge in [0.15, 0.2) is 0 Å². The Kier molecular flexibility index (Phi) is 4.06. The molecule has 0 aliphatic heterocycles. The van der Waals surface area contributed by atoms with E-state index in [2.05, 4.69) is 0 Å². The third-order valence-corrected chi connectivity index (χ3v) is 3.66. The fourth-order valence-electron chi connectivity index (χ4n) is 1.58. The first-order chi connectivity index (χ1) is 9.13. The van der Waals surface area contributed by atoms with Crippen LogP contribution in [0.15, 0.2) is 59.5 Å². The van der Waals surface area contributed by atoms with E-state index < -0.39 is 10.1 Å². The fourth-order valence-corrected chi connectivity index (χ4v) is 2.65. The van der Waals surface area contributed by atoms with E-state index in [4.69, 9.17) is 8.92 Å². The molecule has 0 unspecified atom stereocenters. The van der Waals surface area contributed by atoms with E-state index in [1.165, 1.54) is 6.07 Å². The Bertz CT molecular complexity index is 636. The molecule has 0 saturated heterocycles. The van der Waals surface area contributed by atoms with Crippen LogP contribution >= 0.6 is 0 Å². The molecule has 2 aromatic carbocycles. The molecule has 0 spiro atoms. The average Bonchev–Trinajstić information content (AvgIpc) is 2.40. The summed E-state index contributed by atoms with van der Waals surface area (Å²) in [6, 6.07) is 14.8. The van der Waals surface area contributed by atoms with Gasteiger partial charge in [-0.15, -0.1) is 0 Å². The SMILES string of the molecule is CCOc1ccccc1S(=O)(=O)Oc1ccccc1. The molecule has 0 aromatic heterocycles. The van der Waals surface area contributed by atoms with Crippen molar-refractivity contribution in [1.82, 2.24) is 0 Å². The highest BCUT2D eigenvalue weighted by Crippen LogP contribution is 2.26. The molecule has 0 N–H and O–H groups in total. The van der Waals surface area contributed by atoms with Crippen LogP contribution in [0.25, 0.3) is 0 Å². The molecule has 2 aromatic rings. The van der Waals surface area contributed by atoms with Crippen LogP contribution in [0.4, 0.5) is 0 Å². The smallest absolute Gasteiger partial charge is 0.342 e. The molecular weight excluding hydrogens is 264 g/mol. The van der Waals surface area contributed by atoms with E-state index in [0.717, 1.165) is 0 Å². The fraction of sp³-hybridized carbons (Fsp3) is 0.143. The Balaban J connectivity index is 2.35. The largest absolute Gasteiger partial charge is 0.492 e. The summed E-state index contributed by atoms with van der Waals surface area (Å²) >= 11 is 0. The lowest BCUT2D eigenvalue weighted by atomic mass is 10.3. The number of rotatable bonds is 5. The summed E-state index contributed by atoms with van der Waals surface area (Å²) in [6.07, 6.45) is 0. The van der Waals surface area contributed by atoms with Gasteiger partial charge in [-0.1, -0.05) is 30.3 Å². The highest BCUT2D eigenvalue weighted by Gasteiger charge is 2.21. The van der Waals surface area contributed by atoms with Crippen LogP contribution in [0.5, 0.6) is 11.5 Å². The first-order valence-electron chi connectivity index (χ1n) is 5.85. The Morgan fingerprint density at radius 1 is 0.947 bits per heavy atom. The van der Waals surface area contributed by atoms with Crippen LogP contribution in [0.2, 0.25) is 0 Å². The minimum absolute atomic E-state index is 0.0284. The lowest BCUT2D eigenvalue weighted by molar-refractivity contribution is 0.329. The van der Waals surface area contributed by atoms with Gasteiger partial charge in [0.2, 0.25) is 0 Å². The highest BCUT2D eigenvalue weighted by molar-refractivity contribution is 7.87. The van der Waals surface area contributed by atoms with E-state index in [9.17, 15) is 8.42 Å².